The predicted octanol–water partition coefficient (Wildman–Crippen LogP) is 3.29. The van der Waals surface area contributed by atoms with Crippen LogP contribution in [0, 0.1) is 0 Å². The van der Waals surface area contributed by atoms with Gasteiger partial charge in [-0.1, -0.05) is 6.07 Å². The normalized spacial score (nSPS) is 10.9. The molecule has 0 unspecified atom stereocenters. The van der Waals surface area contributed by atoms with Crippen LogP contribution in [0.2, 0.25) is 0 Å². The Hall–Kier alpha value is -2.37. The Morgan fingerprint density at radius 1 is 1.26 bits per heavy atom. The number of benzene rings is 1. The quantitative estimate of drug-likeness (QED) is 0.333. The molecule has 27 heavy (non-hydrogen) atoms. The summed E-state index contributed by atoms with van der Waals surface area (Å²) < 4.78 is 40.0. The van der Waals surface area contributed by atoms with Crippen LogP contribution in [0.15, 0.2) is 41.5 Å². The van der Waals surface area contributed by atoms with E-state index in [0.29, 0.717) is 22.7 Å². The Morgan fingerprint density at radius 2 is 2.04 bits per heavy atom. The van der Waals surface area contributed by atoms with Gasteiger partial charge in [0, 0.05) is 17.8 Å². The second-order valence-electron chi connectivity index (χ2n) is 5.06. The average molecular weight is 494 g/mol. The molecule has 10 heteroatoms. The van der Waals surface area contributed by atoms with E-state index in [1.807, 2.05) is 0 Å². The number of halogens is 3. The Bertz CT molecular complexity index is 763. The number of hydrogen-bond acceptors (Lipinski definition) is 5. The summed E-state index contributed by atoms with van der Waals surface area (Å²) in [5.74, 6) is 1.39. The van der Waals surface area contributed by atoms with Crippen LogP contribution in [0.3, 0.4) is 0 Å². The van der Waals surface area contributed by atoms with Gasteiger partial charge in [-0.25, -0.2) is 18.8 Å². The molecule has 2 rings (SSSR count). The molecule has 0 aliphatic heterocycles. The molecule has 0 amide bonds. The summed E-state index contributed by atoms with van der Waals surface area (Å²) in [6.45, 7) is -0.625. The van der Waals surface area contributed by atoms with Gasteiger partial charge in [-0.15, -0.1) is 24.0 Å². The summed E-state index contributed by atoms with van der Waals surface area (Å²) in [5.41, 5.74) is 7.02. The molecule has 0 spiro atoms. The van der Waals surface area contributed by atoms with E-state index >= 15 is 0 Å². The first kappa shape index (κ1) is 22.7. The van der Waals surface area contributed by atoms with Gasteiger partial charge < -0.3 is 25.3 Å². The maximum Gasteiger partial charge on any atom is 0.272 e. The number of pyridine rings is 1. The first-order valence-electron chi connectivity index (χ1n) is 7.67. The van der Waals surface area contributed by atoms with Crippen LogP contribution in [0.5, 0.6) is 17.4 Å². The standard InChI is InChI=1S/C17H20F2N4O3.HI/c1-24-12-5-6-14(25-2)13(8-12)23-17(20)22-9-11-4-3-7-21-16(11)26-10-15(18)19;/h3-8,15H,9-10H2,1-2H3,(H3,20,22,23);1H. The van der Waals surface area contributed by atoms with Crippen molar-refractivity contribution in [3.63, 3.8) is 0 Å². The number of nitrogens with two attached hydrogens (primary N) is 1. The van der Waals surface area contributed by atoms with E-state index in [2.05, 4.69) is 15.3 Å². The van der Waals surface area contributed by atoms with E-state index in [0.717, 1.165) is 0 Å². The van der Waals surface area contributed by atoms with Crippen molar-refractivity contribution in [1.29, 1.82) is 0 Å². The fourth-order valence-electron chi connectivity index (χ4n) is 2.08. The zero-order chi connectivity index (χ0) is 18.9. The van der Waals surface area contributed by atoms with Gasteiger partial charge in [0.2, 0.25) is 5.88 Å². The van der Waals surface area contributed by atoms with Gasteiger partial charge in [0.15, 0.2) is 12.6 Å². The molecule has 148 valence electrons. The minimum atomic E-state index is -2.58. The average Bonchev–Trinajstić information content (AvgIpc) is 2.65. The molecule has 0 saturated carbocycles. The van der Waals surface area contributed by atoms with Crippen molar-refractivity contribution in [1.82, 2.24) is 4.98 Å². The first-order chi connectivity index (χ1) is 12.5. The molecule has 0 fully saturated rings. The van der Waals surface area contributed by atoms with Crippen LogP contribution in [-0.4, -0.2) is 38.2 Å². The fraction of sp³-hybridized carbons (Fsp3) is 0.294. The molecule has 1 aromatic heterocycles. The smallest absolute Gasteiger partial charge is 0.272 e. The zero-order valence-corrected chi connectivity index (χ0v) is 17.1. The van der Waals surface area contributed by atoms with Gasteiger partial charge in [-0.05, 0) is 18.2 Å². The molecule has 2 aromatic rings. The molecule has 0 bridgehead atoms. The Labute approximate surface area is 172 Å². The second-order valence-corrected chi connectivity index (χ2v) is 5.06. The van der Waals surface area contributed by atoms with Crippen LogP contribution in [0.4, 0.5) is 14.5 Å². The lowest BCUT2D eigenvalue weighted by molar-refractivity contribution is 0.0791. The van der Waals surface area contributed by atoms with Gasteiger partial charge in [0.25, 0.3) is 6.43 Å². The minimum Gasteiger partial charge on any atom is -0.497 e. The molecule has 0 aliphatic rings. The third kappa shape index (κ3) is 7.04. The van der Waals surface area contributed by atoms with Crippen LogP contribution in [0.1, 0.15) is 5.56 Å². The van der Waals surface area contributed by atoms with E-state index < -0.39 is 13.0 Å². The van der Waals surface area contributed by atoms with E-state index in [-0.39, 0.29) is 42.4 Å². The van der Waals surface area contributed by atoms with Gasteiger partial charge in [-0.2, -0.15) is 0 Å². The molecule has 1 heterocycles. The number of methoxy groups -OCH3 is 2. The number of guanidine groups is 1. The van der Waals surface area contributed by atoms with Crippen molar-refractivity contribution >= 4 is 35.6 Å². The Morgan fingerprint density at radius 3 is 2.70 bits per heavy atom. The molecular weight excluding hydrogens is 473 g/mol. The summed E-state index contributed by atoms with van der Waals surface area (Å²) in [6, 6.07) is 8.53. The lowest BCUT2D eigenvalue weighted by Gasteiger charge is -2.12. The molecule has 1 aromatic carbocycles. The minimum absolute atomic E-state index is 0. The topological polar surface area (TPSA) is 91.0 Å². The highest BCUT2D eigenvalue weighted by Crippen LogP contribution is 2.28. The number of aliphatic imine (C=N–C) groups is 1. The lowest BCUT2D eigenvalue weighted by atomic mass is 10.2. The van der Waals surface area contributed by atoms with Crippen molar-refractivity contribution in [3.05, 3.63) is 42.1 Å². The van der Waals surface area contributed by atoms with E-state index in [4.69, 9.17) is 19.9 Å². The van der Waals surface area contributed by atoms with Crippen molar-refractivity contribution in [2.24, 2.45) is 10.7 Å². The molecule has 7 nitrogen and oxygen atoms in total. The molecule has 0 atom stereocenters. The summed E-state index contributed by atoms with van der Waals surface area (Å²) in [6.07, 6.45) is -1.13. The SMILES string of the molecule is COc1ccc(OC)c(NC(N)=NCc2cccnc2OCC(F)F)c1.I. The Kier molecular flexibility index (Phi) is 9.54. The molecule has 0 saturated heterocycles. The van der Waals surface area contributed by atoms with Gasteiger partial charge in [-0.3, -0.25) is 0 Å². The van der Waals surface area contributed by atoms with E-state index in [9.17, 15) is 8.78 Å². The van der Waals surface area contributed by atoms with E-state index in [1.54, 1.807) is 37.4 Å². The number of alkyl halides is 2. The van der Waals surface area contributed by atoms with Crippen molar-refractivity contribution in [3.8, 4) is 17.4 Å². The first-order valence-corrected chi connectivity index (χ1v) is 7.67. The number of nitrogens with one attached hydrogen (secondary N) is 1. The summed E-state index contributed by atoms with van der Waals surface area (Å²) in [4.78, 5) is 8.13. The summed E-state index contributed by atoms with van der Waals surface area (Å²) >= 11 is 0. The van der Waals surface area contributed by atoms with Gasteiger partial charge in [0.1, 0.15) is 11.5 Å². The highest BCUT2D eigenvalue weighted by atomic mass is 127. The monoisotopic (exact) mass is 494 g/mol. The molecule has 0 radical (unpaired) electrons. The van der Waals surface area contributed by atoms with Crippen molar-refractivity contribution in [2.45, 2.75) is 13.0 Å². The third-order valence-corrected chi connectivity index (χ3v) is 3.29. The van der Waals surface area contributed by atoms with Crippen molar-refractivity contribution < 1.29 is 23.0 Å². The summed E-state index contributed by atoms with van der Waals surface area (Å²) in [5, 5.41) is 2.92. The lowest BCUT2D eigenvalue weighted by Crippen LogP contribution is -2.23. The number of hydrogen-bond donors (Lipinski definition) is 2. The number of nitrogens with zero attached hydrogens (tertiary/aromatic N) is 2. The van der Waals surface area contributed by atoms with Gasteiger partial charge >= 0.3 is 0 Å². The highest BCUT2D eigenvalue weighted by Gasteiger charge is 2.10. The Balaban J connectivity index is 0.00000364. The largest absolute Gasteiger partial charge is 0.497 e. The number of anilines is 1. The number of ether oxygens (including phenoxy) is 3. The highest BCUT2D eigenvalue weighted by molar-refractivity contribution is 14.0. The van der Waals surface area contributed by atoms with Crippen LogP contribution < -0.4 is 25.3 Å². The molecule has 0 aliphatic carbocycles. The number of aromatic nitrogens is 1. The molecule has 3 N–H and O–H groups in total. The second kappa shape index (κ2) is 11.4. The van der Waals surface area contributed by atoms with Gasteiger partial charge in [0.05, 0.1) is 26.5 Å². The van der Waals surface area contributed by atoms with E-state index in [1.165, 1.54) is 13.3 Å². The third-order valence-electron chi connectivity index (χ3n) is 3.29. The maximum absolute atomic E-state index is 12.3. The molecular formula is C17H21F2IN4O3. The van der Waals surface area contributed by atoms with Crippen LogP contribution in [0.25, 0.3) is 0 Å². The fourth-order valence-corrected chi connectivity index (χ4v) is 2.08. The van der Waals surface area contributed by atoms with Crippen molar-refractivity contribution in [2.75, 3.05) is 26.1 Å². The van der Waals surface area contributed by atoms with Crippen LogP contribution >= 0.6 is 24.0 Å². The zero-order valence-electron chi connectivity index (χ0n) is 14.8. The maximum atomic E-state index is 12.3. The predicted molar refractivity (Wildman–Crippen MR) is 110 cm³/mol. The summed E-state index contributed by atoms with van der Waals surface area (Å²) in [7, 11) is 3.08. The number of rotatable bonds is 8. The van der Waals surface area contributed by atoms with Crippen LogP contribution in [-0.2, 0) is 6.54 Å².